The summed E-state index contributed by atoms with van der Waals surface area (Å²) in [5.41, 5.74) is -2.39. The fraction of sp³-hybridized carbons (Fsp3) is 0.200. The molecule has 1 N–H and O–H groups in total. The highest BCUT2D eigenvalue weighted by Crippen LogP contribution is 2.34. The molecule has 0 radical (unpaired) electrons. The molecule has 0 heterocycles. The Labute approximate surface area is 110 Å². The van der Waals surface area contributed by atoms with E-state index in [4.69, 9.17) is 0 Å². The molecule has 0 fully saturated rings. The zero-order chi connectivity index (χ0) is 15.4. The molecule has 1 rings (SSSR count). The van der Waals surface area contributed by atoms with E-state index in [2.05, 4.69) is 4.74 Å². The summed E-state index contributed by atoms with van der Waals surface area (Å²) in [5, 5.41) is 30.7. The van der Waals surface area contributed by atoms with Crippen LogP contribution in [0.15, 0.2) is 12.1 Å². The third-order valence-electron chi connectivity index (χ3n) is 2.32. The van der Waals surface area contributed by atoms with Gasteiger partial charge in [-0.25, -0.2) is 0 Å². The number of nitro benzene ring substituents is 2. The fourth-order valence-electron chi connectivity index (χ4n) is 1.38. The molecule has 0 atom stereocenters. The van der Waals surface area contributed by atoms with Crippen LogP contribution in [-0.4, -0.2) is 33.8 Å². The Morgan fingerprint density at radius 3 is 2.20 bits per heavy atom. The summed E-state index contributed by atoms with van der Waals surface area (Å²) >= 11 is 0. The Morgan fingerprint density at radius 1 is 1.20 bits per heavy atom. The van der Waals surface area contributed by atoms with Crippen molar-refractivity contribution in [2.45, 2.75) is 6.42 Å². The van der Waals surface area contributed by atoms with Gasteiger partial charge in [0.1, 0.15) is 12.0 Å². The van der Waals surface area contributed by atoms with E-state index in [1.165, 1.54) is 0 Å². The van der Waals surface area contributed by atoms with Crippen molar-refractivity contribution in [3.8, 4) is 5.75 Å². The molecule has 20 heavy (non-hydrogen) atoms. The van der Waals surface area contributed by atoms with Crippen molar-refractivity contribution in [1.29, 1.82) is 0 Å². The normalized spacial score (nSPS) is 9.85. The molecule has 0 saturated carbocycles. The van der Waals surface area contributed by atoms with Crippen molar-refractivity contribution in [2.24, 2.45) is 0 Å². The Bertz CT molecular complexity index is 610. The molecule has 0 aliphatic rings. The highest BCUT2D eigenvalue weighted by molar-refractivity contribution is 6.08. The number of esters is 1. The molecule has 0 amide bonds. The number of hydrogen-bond donors (Lipinski definition) is 1. The quantitative estimate of drug-likeness (QED) is 0.276. The molecule has 106 valence electrons. The van der Waals surface area contributed by atoms with Crippen molar-refractivity contribution in [1.82, 2.24) is 0 Å². The smallest absolute Gasteiger partial charge is 0.317 e. The van der Waals surface area contributed by atoms with Crippen LogP contribution in [0.2, 0.25) is 0 Å². The number of nitro groups is 2. The third-order valence-corrected chi connectivity index (χ3v) is 2.32. The Hall–Kier alpha value is -3.04. The minimum absolute atomic E-state index is 0.458. The van der Waals surface area contributed by atoms with Gasteiger partial charge in [0.05, 0.1) is 23.0 Å². The monoisotopic (exact) mass is 284 g/mol. The van der Waals surface area contributed by atoms with Crippen molar-refractivity contribution in [2.75, 3.05) is 7.11 Å². The van der Waals surface area contributed by atoms with Crippen molar-refractivity contribution in [3.63, 3.8) is 0 Å². The Balaban J connectivity index is 3.35. The van der Waals surface area contributed by atoms with Gasteiger partial charge in [-0.2, -0.15) is 0 Å². The molecule has 1 aromatic rings. The molecule has 0 aliphatic heterocycles. The van der Waals surface area contributed by atoms with Crippen LogP contribution in [0.1, 0.15) is 16.8 Å². The zero-order valence-corrected chi connectivity index (χ0v) is 10.1. The number of phenolic OH excluding ortho intramolecular Hbond substituents is 1. The second-order valence-electron chi connectivity index (χ2n) is 3.55. The lowest BCUT2D eigenvalue weighted by Gasteiger charge is -2.03. The van der Waals surface area contributed by atoms with Gasteiger partial charge in [0, 0.05) is 6.07 Å². The number of nitrogens with zero attached hydrogens (tertiary/aromatic N) is 2. The van der Waals surface area contributed by atoms with Gasteiger partial charge in [-0.3, -0.25) is 29.8 Å². The topological polar surface area (TPSA) is 150 Å². The van der Waals surface area contributed by atoms with E-state index < -0.39 is 50.7 Å². The summed E-state index contributed by atoms with van der Waals surface area (Å²) in [7, 11) is 1.03. The maximum atomic E-state index is 11.7. The number of carbonyl (C=O) groups excluding carboxylic acids is 2. The summed E-state index contributed by atoms with van der Waals surface area (Å²) in [5.74, 6) is -2.83. The Morgan fingerprint density at radius 2 is 1.75 bits per heavy atom. The molecule has 0 aliphatic carbocycles. The van der Waals surface area contributed by atoms with E-state index in [0.29, 0.717) is 12.1 Å². The van der Waals surface area contributed by atoms with Gasteiger partial charge in [-0.05, 0) is 0 Å². The number of Topliss-reactive ketones (excluding diaryl/α,β-unsaturated/α-hetero) is 1. The average Bonchev–Trinajstić information content (AvgIpc) is 2.37. The Kier molecular flexibility index (Phi) is 4.31. The van der Waals surface area contributed by atoms with Gasteiger partial charge in [-0.15, -0.1) is 0 Å². The first-order valence-corrected chi connectivity index (χ1v) is 5.03. The van der Waals surface area contributed by atoms with Crippen molar-refractivity contribution >= 4 is 23.1 Å². The van der Waals surface area contributed by atoms with Gasteiger partial charge in [0.25, 0.3) is 5.69 Å². The molecular weight excluding hydrogens is 276 g/mol. The summed E-state index contributed by atoms with van der Waals surface area (Å²) in [4.78, 5) is 42.0. The summed E-state index contributed by atoms with van der Waals surface area (Å²) in [6.07, 6.45) is -0.783. The summed E-state index contributed by atoms with van der Waals surface area (Å²) < 4.78 is 4.23. The van der Waals surface area contributed by atoms with Gasteiger partial charge < -0.3 is 9.84 Å². The average molecular weight is 284 g/mol. The van der Waals surface area contributed by atoms with E-state index >= 15 is 0 Å². The van der Waals surface area contributed by atoms with E-state index in [1.54, 1.807) is 0 Å². The summed E-state index contributed by atoms with van der Waals surface area (Å²) in [6.45, 7) is 0. The third kappa shape index (κ3) is 3.04. The van der Waals surface area contributed by atoms with Crippen LogP contribution in [0.5, 0.6) is 5.75 Å². The zero-order valence-electron chi connectivity index (χ0n) is 10.1. The molecule has 0 spiro atoms. The van der Waals surface area contributed by atoms with E-state index in [9.17, 15) is 34.9 Å². The molecular formula is C10H8N2O8. The molecule has 10 heteroatoms. The van der Waals surface area contributed by atoms with Crippen molar-refractivity contribution < 1.29 is 29.3 Å². The minimum atomic E-state index is -1.03. The molecule has 0 unspecified atom stereocenters. The maximum Gasteiger partial charge on any atom is 0.317 e. The maximum absolute atomic E-state index is 11.7. The van der Waals surface area contributed by atoms with E-state index in [0.717, 1.165) is 7.11 Å². The SMILES string of the molecule is COC(=O)CC(=O)c1cc(O)c([N+](=O)[O-])cc1[N+](=O)[O-]. The molecule has 0 saturated heterocycles. The number of benzene rings is 1. The number of carbonyl (C=O) groups is 2. The van der Waals surface area contributed by atoms with Crippen LogP contribution < -0.4 is 0 Å². The number of hydrogen-bond acceptors (Lipinski definition) is 8. The van der Waals surface area contributed by atoms with E-state index in [-0.39, 0.29) is 0 Å². The van der Waals surface area contributed by atoms with Crippen LogP contribution in [0.3, 0.4) is 0 Å². The van der Waals surface area contributed by atoms with Crippen LogP contribution >= 0.6 is 0 Å². The lowest BCUT2D eigenvalue weighted by molar-refractivity contribution is -0.394. The fourth-order valence-corrected chi connectivity index (χ4v) is 1.38. The van der Waals surface area contributed by atoms with Gasteiger partial charge in [-0.1, -0.05) is 0 Å². The summed E-state index contributed by atoms with van der Waals surface area (Å²) in [6, 6.07) is 1.04. The lowest BCUT2D eigenvalue weighted by atomic mass is 10.0. The first-order valence-electron chi connectivity index (χ1n) is 5.03. The lowest BCUT2D eigenvalue weighted by Crippen LogP contribution is -2.11. The van der Waals surface area contributed by atoms with Crippen LogP contribution in [-0.2, 0) is 9.53 Å². The van der Waals surface area contributed by atoms with E-state index in [1.807, 2.05) is 0 Å². The van der Waals surface area contributed by atoms with Crippen LogP contribution in [0.25, 0.3) is 0 Å². The number of ether oxygens (including phenoxy) is 1. The number of phenols is 1. The van der Waals surface area contributed by atoms with Gasteiger partial charge >= 0.3 is 11.7 Å². The molecule has 10 nitrogen and oxygen atoms in total. The number of methoxy groups -OCH3 is 1. The van der Waals surface area contributed by atoms with Crippen LogP contribution in [0, 0.1) is 20.2 Å². The highest BCUT2D eigenvalue weighted by atomic mass is 16.6. The predicted molar refractivity (Wildman–Crippen MR) is 62.4 cm³/mol. The molecule has 0 bridgehead atoms. The standard InChI is InChI=1S/C10H8N2O8/c1-20-10(15)4-8(13)5-2-9(14)7(12(18)19)3-6(5)11(16)17/h2-3,14H,4H2,1H3. The first-order chi connectivity index (χ1) is 9.27. The predicted octanol–water partition coefficient (Wildman–Crippen LogP) is 0.954. The highest BCUT2D eigenvalue weighted by Gasteiger charge is 2.28. The largest absolute Gasteiger partial charge is 0.502 e. The van der Waals surface area contributed by atoms with Crippen LogP contribution in [0.4, 0.5) is 11.4 Å². The molecule has 1 aromatic carbocycles. The first kappa shape index (κ1) is 15.0. The molecule has 0 aromatic heterocycles. The van der Waals surface area contributed by atoms with Gasteiger partial charge in [0.2, 0.25) is 0 Å². The number of ketones is 1. The van der Waals surface area contributed by atoms with Gasteiger partial charge in [0.15, 0.2) is 11.5 Å². The second-order valence-corrected chi connectivity index (χ2v) is 3.55. The van der Waals surface area contributed by atoms with Crippen molar-refractivity contribution in [3.05, 3.63) is 37.9 Å². The number of rotatable bonds is 5. The second kappa shape index (κ2) is 5.73. The minimum Gasteiger partial charge on any atom is -0.502 e. The number of aromatic hydroxyl groups is 1.